The molecule has 3 rings (SSSR count). The Morgan fingerprint density at radius 3 is 2.81 bits per heavy atom. The van der Waals surface area contributed by atoms with Crippen LogP contribution < -0.4 is 0 Å². The molecule has 1 aromatic heterocycles. The Morgan fingerprint density at radius 2 is 2.00 bits per heavy atom. The van der Waals surface area contributed by atoms with E-state index < -0.39 is 0 Å². The number of imidazole rings is 1. The van der Waals surface area contributed by atoms with Crippen molar-refractivity contribution in [1.29, 1.82) is 5.26 Å². The van der Waals surface area contributed by atoms with Gasteiger partial charge in [0.15, 0.2) is 0 Å². The fourth-order valence-electron chi connectivity index (χ4n) is 2.29. The van der Waals surface area contributed by atoms with Crippen molar-refractivity contribution in [2.75, 3.05) is 0 Å². The number of hydrogen-bond acceptors (Lipinski definition) is 2. The third-order valence-electron chi connectivity index (χ3n) is 3.31. The summed E-state index contributed by atoms with van der Waals surface area (Å²) in [6, 6.07) is 16.0. The van der Waals surface area contributed by atoms with E-state index in [1.807, 2.05) is 28.8 Å². The monoisotopic (exact) mass is 277 g/mol. The third-order valence-corrected chi connectivity index (χ3v) is 3.31. The summed E-state index contributed by atoms with van der Waals surface area (Å²) in [6.45, 7) is 0.523. The minimum absolute atomic E-state index is 0.280. The predicted molar refractivity (Wildman–Crippen MR) is 77.9 cm³/mol. The van der Waals surface area contributed by atoms with Crippen LogP contribution >= 0.6 is 0 Å². The molecule has 0 unspecified atom stereocenters. The van der Waals surface area contributed by atoms with Gasteiger partial charge in [0.1, 0.15) is 5.82 Å². The largest absolute Gasteiger partial charge is 0.326 e. The van der Waals surface area contributed by atoms with Gasteiger partial charge in [-0.2, -0.15) is 5.26 Å². The molecule has 0 amide bonds. The Balaban J connectivity index is 1.99. The maximum absolute atomic E-state index is 13.4. The topological polar surface area (TPSA) is 41.6 Å². The zero-order valence-corrected chi connectivity index (χ0v) is 11.2. The molecule has 0 spiro atoms. The van der Waals surface area contributed by atoms with Gasteiger partial charge in [-0.15, -0.1) is 0 Å². The van der Waals surface area contributed by atoms with Crippen LogP contribution in [0.3, 0.4) is 0 Å². The zero-order chi connectivity index (χ0) is 14.7. The molecule has 3 nitrogen and oxygen atoms in total. The first-order chi connectivity index (χ1) is 10.3. The molecule has 4 heteroatoms. The van der Waals surface area contributed by atoms with Gasteiger partial charge in [0.05, 0.1) is 36.4 Å². The summed E-state index contributed by atoms with van der Waals surface area (Å²) < 4.78 is 15.3. The number of halogens is 1. The maximum Gasteiger partial charge on any atom is 0.123 e. The highest BCUT2D eigenvalue weighted by Crippen LogP contribution is 2.21. The van der Waals surface area contributed by atoms with Crippen LogP contribution in [0.15, 0.2) is 61.1 Å². The van der Waals surface area contributed by atoms with Crippen LogP contribution in [-0.2, 0) is 6.54 Å². The van der Waals surface area contributed by atoms with Gasteiger partial charge in [-0.1, -0.05) is 30.3 Å². The fraction of sp³-hybridized carbons (Fsp3) is 0.0588. The number of nitriles is 1. The van der Waals surface area contributed by atoms with Gasteiger partial charge in [-0.05, 0) is 23.8 Å². The molecule has 0 saturated heterocycles. The van der Waals surface area contributed by atoms with Gasteiger partial charge >= 0.3 is 0 Å². The standard InChI is InChI=1S/C17H12FN3/c18-16-7-3-6-13(8-16)17-10-20-12-21(17)11-15-5-2-1-4-14(15)9-19/h1-8,10,12H,11H2. The van der Waals surface area contributed by atoms with Crippen molar-refractivity contribution >= 4 is 0 Å². The molecular weight excluding hydrogens is 265 g/mol. The van der Waals surface area contributed by atoms with E-state index in [0.717, 1.165) is 16.8 Å². The molecular formula is C17H12FN3. The van der Waals surface area contributed by atoms with Crippen LogP contribution in [0.25, 0.3) is 11.3 Å². The highest BCUT2D eigenvalue weighted by atomic mass is 19.1. The van der Waals surface area contributed by atoms with Gasteiger partial charge in [0, 0.05) is 5.56 Å². The van der Waals surface area contributed by atoms with Crippen molar-refractivity contribution in [3.05, 3.63) is 78.0 Å². The summed E-state index contributed by atoms with van der Waals surface area (Å²) in [4.78, 5) is 4.14. The van der Waals surface area contributed by atoms with Crippen LogP contribution in [0.1, 0.15) is 11.1 Å². The summed E-state index contributed by atoms with van der Waals surface area (Å²) in [5.41, 5.74) is 3.14. The highest BCUT2D eigenvalue weighted by molar-refractivity contribution is 5.59. The number of benzene rings is 2. The quantitative estimate of drug-likeness (QED) is 0.734. The molecule has 0 radical (unpaired) electrons. The highest BCUT2D eigenvalue weighted by Gasteiger charge is 2.08. The molecule has 21 heavy (non-hydrogen) atoms. The lowest BCUT2D eigenvalue weighted by Crippen LogP contribution is -2.02. The molecule has 3 aromatic rings. The minimum Gasteiger partial charge on any atom is -0.326 e. The first-order valence-electron chi connectivity index (χ1n) is 6.52. The first-order valence-corrected chi connectivity index (χ1v) is 6.52. The van der Waals surface area contributed by atoms with Crippen LogP contribution in [0.2, 0.25) is 0 Å². The van der Waals surface area contributed by atoms with Crippen molar-refractivity contribution < 1.29 is 4.39 Å². The van der Waals surface area contributed by atoms with E-state index in [-0.39, 0.29) is 5.82 Å². The summed E-state index contributed by atoms with van der Waals surface area (Å²) in [5.74, 6) is -0.280. The summed E-state index contributed by atoms with van der Waals surface area (Å²) in [7, 11) is 0. The van der Waals surface area contributed by atoms with Gasteiger partial charge in [0.25, 0.3) is 0 Å². The van der Waals surface area contributed by atoms with Gasteiger partial charge in [0.2, 0.25) is 0 Å². The number of hydrogen-bond donors (Lipinski definition) is 0. The molecule has 0 aliphatic heterocycles. The van der Waals surface area contributed by atoms with Crippen molar-refractivity contribution in [2.45, 2.75) is 6.54 Å². The van der Waals surface area contributed by atoms with Crippen LogP contribution in [0.5, 0.6) is 0 Å². The molecule has 102 valence electrons. The number of rotatable bonds is 3. The Bertz CT molecular complexity index is 815. The smallest absolute Gasteiger partial charge is 0.123 e. The van der Waals surface area contributed by atoms with Crippen LogP contribution in [-0.4, -0.2) is 9.55 Å². The molecule has 1 heterocycles. The molecule has 0 bridgehead atoms. The average Bonchev–Trinajstić information content (AvgIpc) is 2.96. The lowest BCUT2D eigenvalue weighted by Gasteiger charge is -2.09. The predicted octanol–water partition coefficient (Wildman–Crippen LogP) is 3.61. The Kier molecular flexibility index (Phi) is 3.48. The second-order valence-electron chi connectivity index (χ2n) is 4.69. The van der Waals surface area contributed by atoms with Crippen molar-refractivity contribution in [3.63, 3.8) is 0 Å². The van der Waals surface area contributed by atoms with E-state index in [2.05, 4.69) is 11.1 Å². The van der Waals surface area contributed by atoms with Crippen molar-refractivity contribution in [3.8, 4) is 17.3 Å². The first kappa shape index (κ1) is 13.1. The molecule has 2 aromatic carbocycles. The molecule has 0 aliphatic rings. The summed E-state index contributed by atoms with van der Waals surface area (Å²) >= 11 is 0. The Hall–Kier alpha value is -2.93. The van der Waals surface area contributed by atoms with E-state index >= 15 is 0 Å². The van der Waals surface area contributed by atoms with E-state index in [0.29, 0.717) is 12.1 Å². The average molecular weight is 277 g/mol. The van der Waals surface area contributed by atoms with Crippen molar-refractivity contribution in [1.82, 2.24) is 9.55 Å². The summed E-state index contributed by atoms with van der Waals surface area (Å²) in [6.07, 6.45) is 3.39. The van der Waals surface area contributed by atoms with E-state index in [1.54, 1.807) is 24.7 Å². The van der Waals surface area contributed by atoms with Gasteiger partial charge in [-0.3, -0.25) is 0 Å². The third kappa shape index (κ3) is 2.67. The lowest BCUT2D eigenvalue weighted by molar-refractivity contribution is 0.628. The van der Waals surface area contributed by atoms with Gasteiger partial charge < -0.3 is 4.57 Å². The van der Waals surface area contributed by atoms with Crippen LogP contribution in [0.4, 0.5) is 4.39 Å². The van der Waals surface area contributed by atoms with E-state index in [1.165, 1.54) is 12.1 Å². The second kappa shape index (κ2) is 5.59. The second-order valence-corrected chi connectivity index (χ2v) is 4.69. The van der Waals surface area contributed by atoms with E-state index in [9.17, 15) is 4.39 Å². The minimum atomic E-state index is -0.280. The maximum atomic E-state index is 13.4. The molecule has 0 aliphatic carbocycles. The molecule has 0 fully saturated rings. The van der Waals surface area contributed by atoms with E-state index in [4.69, 9.17) is 5.26 Å². The van der Waals surface area contributed by atoms with Gasteiger partial charge in [-0.25, -0.2) is 9.37 Å². The molecule has 0 N–H and O–H groups in total. The van der Waals surface area contributed by atoms with Crippen molar-refractivity contribution in [2.24, 2.45) is 0 Å². The molecule has 0 atom stereocenters. The lowest BCUT2D eigenvalue weighted by atomic mass is 10.1. The zero-order valence-electron chi connectivity index (χ0n) is 11.2. The summed E-state index contributed by atoms with van der Waals surface area (Å²) in [5, 5.41) is 9.15. The normalized spacial score (nSPS) is 10.3. The van der Waals surface area contributed by atoms with Crippen LogP contribution in [0, 0.1) is 17.1 Å². The SMILES string of the molecule is N#Cc1ccccc1Cn1cncc1-c1cccc(F)c1. The molecule has 0 saturated carbocycles. The number of nitrogens with zero attached hydrogens (tertiary/aromatic N) is 3. The Morgan fingerprint density at radius 1 is 1.14 bits per heavy atom. The fourth-order valence-corrected chi connectivity index (χ4v) is 2.29. The number of aromatic nitrogens is 2. The Labute approximate surface area is 121 Å².